The third-order valence-corrected chi connectivity index (χ3v) is 6.09. The van der Waals surface area contributed by atoms with Gasteiger partial charge < -0.3 is 4.90 Å². The highest BCUT2D eigenvalue weighted by atomic mass is 32.2. The molecule has 0 spiro atoms. The smallest absolute Gasteiger partial charge is 0.226 e. The summed E-state index contributed by atoms with van der Waals surface area (Å²) >= 11 is 1.89. The van der Waals surface area contributed by atoms with Crippen LogP contribution >= 0.6 is 11.8 Å². The fourth-order valence-corrected chi connectivity index (χ4v) is 5.08. The Kier molecular flexibility index (Phi) is 4.15. The maximum atomic E-state index is 12.6. The van der Waals surface area contributed by atoms with Gasteiger partial charge in [0.25, 0.3) is 0 Å². The van der Waals surface area contributed by atoms with Crippen LogP contribution in [0.1, 0.15) is 44.9 Å². The summed E-state index contributed by atoms with van der Waals surface area (Å²) in [5.41, 5.74) is 0. The fraction of sp³-hybridized carbons (Fsp3) is 0.867. The number of rotatable bonds is 2. The maximum absolute atomic E-state index is 12.6. The van der Waals surface area contributed by atoms with Crippen LogP contribution in [0.15, 0.2) is 0 Å². The average Bonchev–Trinajstić information content (AvgIpc) is 3.10. The minimum absolute atomic E-state index is 0.147. The van der Waals surface area contributed by atoms with Crippen molar-refractivity contribution >= 4 is 23.5 Å². The maximum Gasteiger partial charge on any atom is 0.226 e. The van der Waals surface area contributed by atoms with E-state index in [9.17, 15) is 9.59 Å². The van der Waals surface area contributed by atoms with Gasteiger partial charge in [-0.3, -0.25) is 9.59 Å². The number of hydrogen-bond acceptors (Lipinski definition) is 3. The zero-order valence-electron chi connectivity index (χ0n) is 11.5. The molecule has 106 valence electrons. The predicted molar refractivity (Wildman–Crippen MR) is 77.1 cm³/mol. The Bertz CT molecular complexity index is 365. The quantitative estimate of drug-likeness (QED) is 0.780. The van der Waals surface area contributed by atoms with E-state index in [0.29, 0.717) is 11.7 Å². The standard InChI is InChI=1S/C15H23NO2S/c17-14-6-2-1-4-12(14)13-5-3-8-16(13)15(18)11-7-9-19-10-11/h11-13H,1-10H2. The van der Waals surface area contributed by atoms with Gasteiger partial charge in [-0.15, -0.1) is 0 Å². The molecule has 1 amide bonds. The van der Waals surface area contributed by atoms with Crippen LogP contribution < -0.4 is 0 Å². The Labute approximate surface area is 119 Å². The molecule has 3 nitrogen and oxygen atoms in total. The molecule has 0 bridgehead atoms. The van der Waals surface area contributed by atoms with Crippen molar-refractivity contribution in [2.45, 2.75) is 51.0 Å². The Morgan fingerprint density at radius 1 is 1.16 bits per heavy atom. The van der Waals surface area contributed by atoms with E-state index in [1.54, 1.807) is 0 Å². The third-order valence-electron chi connectivity index (χ3n) is 4.93. The highest BCUT2D eigenvalue weighted by Gasteiger charge is 2.41. The summed E-state index contributed by atoms with van der Waals surface area (Å²) in [6, 6.07) is 0.228. The molecule has 3 rings (SSSR count). The van der Waals surface area contributed by atoms with Crippen molar-refractivity contribution in [1.29, 1.82) is 0 Å². The fourth-order valence-electron chi connectivity index (χ4n) is 3.87. The lowest BCUT2D eigenvalue weighted by Gasteiger charge is -2.34. The van der Waals surface area contributed by atoms with E-state index in [0.717, 1.165) is 63.0 Å². The number of carbonyl (C=O) groups is 2. The monoisotopic (exact) mass is 281 g/mol. The van der Waals surface area contributed by atoms with Crippen molar-refractivity contribution in [3.05, 3.63) is 0 Å². The van der Waals surface area contributed by atoms with Crippen LogP contribution in [0.5, 0.6) is 0 Å². The van der Waals surface area contributed by atoms with E-state index < -0.39 is 0 Å². The summed E-state index contributed by atoms with van der Waals surface area (Å²) in [6.45, 7) is 0.883. The Morgan fingerprint density at radius 3 is 2.79 bits per heavy atom. The van der Waals surface area contributed by atoms with Crippen molar-refractivity contribution < 1.29 is 9.59 Å². The Balaban J connectivity index is 1.69. The van der Waals surface area contributed by atoms with Gasteiger partial charge in [0.2, 0.25) is 5.91 Å². The van der Waals surface area contributed by atoms with E-state index in [1.807, 2.05) is 11.8 Å². The molecule has 3 atom stereocenters. The van der Waals surface area contributed by atoms with E-state index >= 15 is 0 Å². The lowest BCUT2D eigenvalue weighted by Crippen LogP contribution is -2.46. The van der Waals surface area contributed by atoms with Gasteiger partial charge in [-0.1, -0.05) is 6.42 Å². The zero-order valence-corrected chi connectivity index (χ0v) is 12.3. The highest BCUT2D eigenvalue weighted by molar-refractivity contribution is 7.99. The molecule has 2 aliphatic heterocycles. The van der Waals surface area contributed by atoms with Gasteiger partial charge in [-0.2, -0.15) is 11.8 Å². The summed E-state index contributed by atoms with van der Waals surface area (Å²) in [5.74, 6) is 3.24. The lowest BCUT2D eigenvalue weighted by molar-refractivity contribution is -0.138. The first kappa shape index (κ1) is 13.5. The van der Waals surface area contributed by atoms with Gasteiger partial charge in [0.15, 0.2) is 0 Å². The molecule has 3 unspecified atom stereocenters. The number of likely N-dealkylation sites (tertiary alicyclic amines) is 1. The molecule has 1 aliphatic carbocycles. The molecular weight excluding hydrogens is 258 g/mol. The summed E-state index contributed by atoms with van der Waals surface area (Å²) in [4.78, 5) is 26.8. The number of ketones is 1. The summed E-state index contributed by atoms with van der Waals surface area (Å²) in [7, 11) is 0. The Morgan fingerprint density at radius 2 is 2.05 bits per heavy atom. The molecule has 2 saturated heterocycles. The molecule has 3 fully saturated rings. The summed E-state index contributed by atoms with van der Waals surface area (Å²) < 4.78 is 0. The first-order valence-electron chi connectivity index (χ1n) is 7.68. The number of carbonyl (C=O) groups excluding carboxylic acids is 2. The van der Waals surface area contributed by atoms with Crippen molar-refractivity contribution in [1.82, 2.24) is 4.90 Å². The molecule has 3 aliphatic rings. The molecule has 1 saturated carbocycles. The van der Waals surface area contributed by atoms with Crippen LogP contribution in [0.3, 0.4) is 0 Å². The largest absolute Gasteiger partial charge is 0.339 e. The van der Waals surface area contributed by atoms with Crippen LogP contribution in [0, 0.1) is 11.8 Å². The molecule has 0 aromatic rings. The second-order valence-electron chi connectivity index (χ2n) is 6.12. The number of thioether (sulfide) groups is 1. The summed E-state index contributed by atoms with van der Waals surface area (Å²) in [5, 5.41) is 0. The number of nitrogens with zero attached hydrogens (tertiary/aromatic N) is 1. The Hall–Kier alpha value is -0.510. The van der Waals surface area contributed by atoms with Crippen molar-refractivity contribution in [2.24, 2.45) is 11.8 Å². The van der Waals surface area contributed by atoms with Gasteiger partial charge in [-0.05, 0) is 37.9 Å². The lowest BCUT2D eigenvalue weighted by atomic mass is 9.81. The van der Waals surface area contributed by atoms with Crippen LogP contribution in [0.2, 0.25) is 0 Å². The molecular formula is C15H23NO2S. The SMILES string of the molecule is O=C1CCCCC1C1CCCN1C(=O)C1CCSC1. The van der Waals surface area contributed by atoms with Gasteiger partial charge >= 0.3 is 0 Å². The molecule has 19 heavy (non-hydrogen) atoms. The molecule has 0 aromatic carbocycles. The molecule has 0 N–H and O–H groups in total. The molecule has 2 heterocycles. The van der Waals surface area contributed by atoms with Crippen LogP contribution in [0.25, 0.3) is 0 Å². The van der Waals surface area contributed by atoms with E-state index in [1.165, 1.54) is 0 Å². The van der Waals surface area contributed by atoms with Crippen LogP contribution in [-0.2, 0) is 9.59 Å². The molecule has 0 radical (unpaired) electrons. The number of Topliss-reactive ketones (excluding diaryl/α,β-unsaturated/α-hetero) is 1. The number of amides is 1. The highest BCUT2D eigenvalue weighted by Crippen LogP contribution is 2.35. The minimum Gasteiger partial charge on any atom is -0.339 e. The molecule has 4 heteroatoms. The minimum atomic E-state index is 0.147. The summed E-state index contributed by atoms with van der Waals surface area (Å²) in [6.07, 6.45) is 7.12. The average molecular weight is 281 g/mol. The van der Waals surface area contributed by atoms with Crippen molar-refractivity contribution in [3.8, 4) is 0 Å². The predicted octanol–water partition coefficient (Wildman–Crippen LogP) is 2.49. The van der Waals surface area contributed by atoms with Gasteiger partial charge in [-0.25, -0.2) is 0 Å². The van der Waals surface area contributed by atoms with E-state index in [-0.39, 0.29) is 17.9 Å². The van der Waals surface area contributed by atoms with E-state index in [2.05, 4.69) is 4.90 Å². The first-order valence-corrected chi connectivity index (χ1v) is 8.84. The van der Waals surface area contributed by atoms with Crippen molar-refractivity contribution in [2.75, 3.05) is 18.1 Å². The van der Waals surface area contributed by atoms with Gasteiger partial charge in [0.1, 0.15) is 5.78 Å². The van der Waals surface area contributed by atoms with Gasteiger partial charge in [0, 0.05) is 36.6 Å². The molecule has 0 aromatic heterocycles. The zero-order chi connectivity index (χ0) is 13.2. The van der Waals surface area contributed by atoms with Gasteiger partial charge in [0.05, 0.1) is 0 Å². The normalized spacial score (nSPS) is 35.9. The first-order chi connectivity index (χ1) is 9.27. The van der Waals surface area contributed by atoms with Crippen molar-refractivity contribution in [3.63, 3.8) is 0 Å². The third kappa shape index (κ3) is 2.69. The second-order valence-corrected chi connectivity index (χ2v) is 7.27. The van der Waals surface area contributed by atoms with E-state index in [4.69, 9.17) is 0 Å². The second kappa shape index (κ2) is 5.86. The number of hydrogen-bond donors (Lipinski definition) is 0. The topological polar surface area (TPSA) is 37.4 Å². The van der Waals surface area contributed by atoms with Crippen LogP contribution in [-0.4, -0.2) is 40.7 Å². The van der Waals surface area contributed by atoms with Crippen LogP contribution in [0.4, 0.5) is 0 Å².